The van der Waals surface area contributed by atoms with Crippen LogP contribution in [0.15, 0.2) is 103 Å². The maximum absolute atomic E-state index is 6.34. The average molecular weight is 436 g/mol. The highest BCUT2D eigenvalue weighted by Gasteiger charge is 2.42. The standard InChI is InChI=1S/C28H22ClN3/c29-26-18-24-25(19-30-26)32(31-27(24)20-16-17-20)28(21-10-4-1-5-11-21,22-12-6-2-7-13-22)23-14-8-3-9-15-23/h1-15,18-20H,16-17H2. The van der Waals surface area contributed by atoms with Crippen molar-refractivity contribution in [2.24, 2.45) is 0 Å². The summed E-state index contributed by atoms with van der Waals surface area (Å²) in [6.07, 6.45) is 4.21. The summed E-state index contributed by atoms with van der Waals surface area (Å²) in [5.74, 6) is 0.484. The molecule has 6 rings (SSSR count). The molecule has 0 N–H and O–H groups in total. The van der Waals surface area contributed by atoms with Crippen molar-refractivity contribution in [3.05, 3.63) is 131 Å². The number of nitrogens with zero attached hydrogens (tertiary/aromatic N) is 3. The molecular formula is C28H22ClN3. The van der Waals surface area contributed by atoms with Crippen molar-refractivity contribution in [2.45, 2.75) is 24.3 Å². The maximum Gasteiger partial charge on any atom is 0.138 e. The minimum absolute atomic E-state index is 0.484. The molecule has 156 valence electrons. The third kappa shape index (κ3) is 2.96. The fourth-order valence-electron chi connectivity index (χ4n) is 4.83. The van der Waals surface area contributed by atoms with Crippen LogP contribution in [-0.4, -0.2) is 14.8 Å². The van der Waals surface area contributed by atoms with Crippen molar-refractivity contribution in [1.82, 2.24) is 14.8 Å². The molecule has 1 fully saturated rings. The zero-order valence-electron chi connectivity index (χ0n) is 17.5. The Balaban J connectivity index is 1.79. The first-order valence-electron chi connectivity index (χ1n) is 11.0. The van der Waals surface area contributed by atoms with Gasteiger partial charge in [-0.15, -0.1) is 0 Å². The molecule has 0 amide bonds. The number of hydrogen-bond donors (Lipinski definition) is 0. The van der Waals surface area contributed by atoms with Gasteiger partial charge in [-0.1, -0.05) is 103 Å². The van der Waals surface area contributed by atoms with E-state index in [9.17, 15) is 0 Å². The van der Waals surface area contributed by atoms with Crippen LogP contribution in [0.25, 0.3) is 10.9 Å². The molecule has 0 unspecified atom stereocenters. The highest BCUT2D eigenvalue weighted by molar-refractivity contribution is 6.30. The summed E-state index contributed by atoms with van der Waals surface area (Å²) in [4.78, 5) is 4.46. The Bertz CT molecular complexity index is 1280. The van der Waals surface area contributed by atoms with Gasteiger partial charge >= 0.3 is 0 Å². The third-order valence-electron chi connectivity index (χ3n) is 6.42. The van der Waals surface area contributed by atoms with Crippen molar-refractivity contribution in [3.8, 4) is 0 Å². The molecule has 0 aliphatic heterocycles. The maximum atomic E-state index is 6.34. The van der Waals surface area contributed by atoms with Crippen LogP contribution in [0, 0.1) is 0 Å². The molecule has 2 heterocycles. The zero-order valence-corrected chi connectivity index (χ0v) is 18.3. The van der Waals surface area contributed by atoms with E-state index < -0.39 is 5.54 Å². The first-order chi connectivity index (χ1) is 15.8. The van der Waals surface area contributed by atoms with Gasteiger partial charge in [0.15, 0.2) is 0 Å². The molecule has 0 bridgehead atoms. The number of pyridine rings is 1. The zero-order chi connectivity index (χ0) is 21.5. The molecule has 4 heteroatoms. The topological polar surface area (TPSA) is 30.7 Å². The summed E-state index contributed by atoms with van der Waals surface area (Å²) in [5, 5.41) is 6.91. The summed E-state index contributed by atoms with van der Waals surface area (Å²) in [5.41, 5.74) is 4.92. The predicted octanol–water partition coefficient (Wildman–Crippen LogP) is 6.80. The first kappa shape index (κ1) is 19.3. The molecule has 32 heavy (non-hydrogen) atoms. The highest BCUT2D eigenvalue weighted by Crippen LogP contribution is 2.47. The van der Waals surface area contributed by atoms with Gasteiger partial charge in [-0.3, -0.25) is 0 Å². The first-order valence-corrected chi connectivity index (χ1v) is 11.4. The van der Waals surface area contributed by atoms with E-state index >= 15 is 0 Å². The Morgan fingerprint density at radius 2 is 1.25 bits per heavy atom. The highest BCUT2D eigenvalue weighted by atomic mass is 35.5. The van der Waals surface area contributed by atoms with Crippen LogP contribution in [0.5, 0.6) is 0 Å². The van der Waals surface area contributed by atoms with Crippen LogP contribution in [-0.2, 0) is 5.54 Å². The van der Waals surface area contributed by atoms with Crippen LogP contribution < -0.4 is 0 Å². The van der Waals surface area contributed by atoms with Gasteiger partial charge in [-0.2, -0.15) is 5.10 Å². The fraction of sp³-hybridized carbons (Fsp3) is 0.143. The van der Waals surface area contributed by atoms with Crippen LogP contribution in [0.4, 0.5) is 0 Å². The van der Waals surface area contributed by atoms with E-state index in [1.165, 1.54) is 12.8 Å². The van der Waals surface area contributed by atoms with Crippen molar-refractivity contribution in [2.75, 3.05) is 0 Å². The molecule has 0 radical (unpaired) electrons. The van der Waals surface area contributed by atoms with Crippen molar-refractivity contribution in [3.63, 3.8) is 0 Å². The monoisotopic (exact) mass is 435 g/mol. The van der Waals surface area contributed by atoms with Crippen LogP contribution >= 0.6 is 11.6 Å². The van der Waals surface area contributed by atoms with E-state index in [-0.39, 0.29) is 0 Å². The minimum Gasteiger partial charge on any atom is -0.243 e. The summed E-state index contributed by atoms with van der Waals surface area (Å²) in [7, 11) is 0. The number of hydrogen-bond acceptors (Lipinski definition) is 2. The molecule has 2 aromatic heterocycles. The molecular weight excluding hydrogens is 414 g/mol. The molecule has 1 saturated carbocycles. The van der Waals surface area contributed by atoms with Gasteiger partial charge in [0.25, 0.3) is 0 Å². The molecule has 3 nitrogen and oxygen atoms in total. The number of rotatable bonds is 5. The van der Waals surface area contributed by atoms with Gasteiger partial charge < -0.3 is 0 Å². The van der Waals surface area contributed by atoms with E-state index in [1.54, 1.807) is 0 Å². The van der Waals surface area contributed by atoms with E-state index in [4.69, 9.17) is 16.7 Å². The lowest BCUT2D eigenvalue weighted by atomic mass is 9.77. The van der Waals surface area contributed by atoms with Gasteiger partial charge in [-0.25, -0.2) is 9.67 Å². The molecule has 0 spiro atoms. The van der Waals surface area contributed by atoms with E-state index in [1.807, 2.05) is 12.3 Å². The summed E-state index contributed by atoms with van der Waals surface area (Å²) in [6.45, 7) is 0. The molecule has 1 aliphatic carbocycles. The number of fused-ring (bicyclic) bond motifs is 1. The largest absolute Gasteiger partial charge is 0.243 e. The number of halogens is 1. The summed E-state index contributed by atoms with van der Waals surface area (Å²) >= 11 is 6.34. The van der Waals surface area contributed by atoms with E-state index in [0.717, 1.165) is 33.3 Å². The number of aromatic nitrogens is 3. The minimum atomic E-state index is -0.648. The van der Waals surface area contributed by atoms with E-state index in [0.29, 0.717) is 11.1 Å². The predicted molar refractivity (Wildman–Crippen MR) is 129 cm³/mol. The molecule has 1 aliphatic rings. The smallest absolute Gasteiger partial charge is 0.138 e. The molecule has 3 aromatic carbocycles. The Morgan fingerprint density at radius 3 is 1.72 bits per heavy atom. The SMILES string of the molecule is Clc1cc2c(C3CC3)nn(C(c3ccccc3)(c3ccccc3)c3ccccc3)c2cn1. The Hall–Kier alpha value is -3.43. The lowest BCUT2D eigenvalue weighted by Gasteiger charge is -2.37. The van der Waals surface area contributed by atoms with Crippen LogP contribution in [0.1, 0.15) is 41.1 Å². The normalized spacial score (nSPS) is 14.0. The Morgan fingerprint density at radius 1 is 0.750 bits per heavy atom. The van der Waals surface area contributed by atoms with E-state index in [2.05, 4.69) is 101 Å². The second-order valence-electron chi connectivity index (χ2n) is 8.40. The summed E-state index contributed by atoms with van der Waals surface area (Å²) in [6, 6.07) is 33.8. The molecule has 5 aromatic rings. The third-order valence-corrected chi connectivity index (χ3v) is 6.62. The van der Waals surface area contributed by atoms with Crippen LogP contribution in [0.3, 0.4) is 0 Å². The average Bonchev–Trinajstić information content (AvgIpc) is 3.63. The van der Waals surface area contributed by atoms with Gasteiger partial charge in [0, 0.05) is 11.3 Å². The Labute approximate surface area is 192 Å². The lowest BCUT2D eigenvalue weighted by Crippen LogP contribution is -2.38. The van der Waals surface area contributed by atoms with Gasteiger partial charge in [-0.05, 0) is 35.6 Å². The Kier molecular flexibility index (Phi) is 4.58. The van der Waals surface area contributed by atoms with Gasteiger partial charge in [0.2, 0.25) is 0 Å². The molecule has 0 saturated heterocycles. The van der Waals surface area contributed by atoms with Crippen molar-refractivity contribution >= 4 is 22.5 Å². The second kappa shape index (κ2) is 7.61. The van der Waals surface area contributed by atoms with Gasteiger partial charge in [0.1, 0.15) is 10.7 Å². The quantitative estimate of drug-likeness (QED) is 0.224. The van der Waals surface area contributed by atoms with Gasteiger partial charge in [0.05, 0.1) is 17.4 Å². The number of benzene rings is 3. The molecule has 0 atom stereocenters. The summed E-state index contributed by atoms with van der Waals surface area (Å²) < 4.78 is 2.18. The fourth-order valence-corrected chi connectivity index (χ4v) is 4.99. The lowest BCUT2D eigenvalue weighted by molar-refractivity contribution is 0.471. The second-order valence-corrected chi connectivity index (χ2v) is 8.79. The van der Waals surface area contributed by atoms with Crippen LogP contribution in [0.2, 0.25) is 5.15 Å². The van der Waals surface area contributed by atoms with Crippen molar-refractivity contribution in [1.29, 1.82) is 0 Å². The van der Waals surface area contributed by atoms with Crippen molar-refractivity contribution < 1.29 is 0 Å².